The van der Waals surface area contributed by atoms with Gasteiger partial charge in [0.25, 0.3) is 0 Å². The molecule has 1 unspecified atom stereocenters. The van der Waals surface area contributed by atoms with Crippen LogP contribution in [-0.4, -0.2) is 43.9 Å². The lowest BCUT2D eigenvalue weighted by Gasteiger charge is -2.08. The van der Waals surface area contributed by atoms with Crippen LogP contribution in [0.25, 0.3) is 0 Å². The minimum atomic E-state index is -3.72. The van der Waals surface area contributed by atoms with E-state index < -0.39 is 40.2 Å². The van der Waals surface area contributed by atoms with Crippen LogP contribution in [0.15, 0.2) is 0 Å². The van der Waals surface area contributed by atoms with Crippen LogP contribution in [0.3, 0.4) is 0 Å². The van der Waals surface area contributed by atoms with Gasteiger partial charge < -0.3 is 9.84 Å². The van der Waals surface area contributed by atoms with Crippen molar-refractivity contribution in [1.29, 1.82) is 0 Å². The molecule has 7 nitrogen and oxygen atoms in total. The highest BCUT2D eigenvalue weighted by atomic mass is 32.2. The number of carboxylic acids is 1. The summed E-state index contributed by atoms with van der Waals surface area (Å²) in [5.74, 6) is -2.35. The molecule has 1 saturated heterocycles. The number of rotatable bonds is 5. The van der Waals surface area contributed by atoms with Crippen molar-refractivity contribution >= 4 is 22.0 Å². The van der Waals surface area contributed by atoms with Crippen LogP contribution in [0.2, 0.25) is 0 Å². The molecule has 0 amide bonds. The Morgan fingerprint density at radius 3 is 2.73 bits per heavy atom. The molecule has 1 aliphatic rings. The van der Waals surface area contributed by atoms with Crippen LogP contribution < -0.4 is 4.72 Å². The van der Waals surface area contributed by atoms with E-state index in [4.69, 9.17) is 5.11 Å². The first kappa shape index (κ1) is 11.9. The van der Waals surface area contributed by atoms with Crippen LogP contribution in [0.1, 0.15) is 12.8 Å². The Balaban J connectivity index is 2.48. The summed E-state index contributed by atoms with van der Waals surface area (Å²) in [6.07, 6.45) is -0.206. The van der Waals surface area contributed by atoms with E-state index in [-0.39, 0.29) is 13.0 Å². The number of carbonyl (C=O) groups excluding carboxylic acids is 1. The van der Waals surface area contributed by atoms with Gasteiger partial charge in [-0.25, -0.2) is 13.1 Å². The normalized spacial score (nSPS) is 21.3. The molecule has 1 fully saturated rings. The summed E-state index contributed by atoms with van der Waals surface area (Å²) in [5, 5.41) is 8.31. The highest BCUT2D eigenvalue weighted by Gasteiger charge is 2.30. The average molecular weight is 237 g/mol. The minimum absolute atomic E-state index is 0.185. The lowest BCUT2D eigenvalue weighted by molar-refractivity contribution is -0.139. The maximum absolute atomic E-state index is 11.3. The number of nitrogens with one attached hydrogen (secondary N) is 1. The van der Waals surface area contributed by atoms with Gasteiger partial charge in [0.1, 0.15) is 6.04 Å². The molecule has 0 aromatic carbocycles. The molecular formula is C7H11NO6S. The second kappa shape index (κ2) is 4.58. The van der Waals surface area contributed by atoms with Crippen LogP contribution in [0.5, 0.6) is 0 Å². The summed E-state index contributed by atoms with van der Waals surface area (Å²) < 4.78 is 29.2. The van der Waals surface area contributed by atoms with Crippen LogP contribution >= 0.6 is 0 Å². The number of aliphatic carboxylic acids is 1. The maximum atomic E-state index is 11.3. The summed E-state index contributed by atoms with van der Waals surface area (Å²) in [5.41, 5.74) is 0. The zero-order chi connectivity index (χ0) is 11.5. The van der Waals surface area contributed by atoms with E-state index in [1.165, 1.54) is 0 Å². The van der Waals surface area contributed by atoms with Crippen LogP contribution in [0.4, 0.5) is 0 Å². The number of hydrogen-bond acceptors (Lipinski definition) is 5. The number of hydrogen-bond donors (Lipinski definition) is 2. The number of ether oxygens (including phenoxy) is 1. The van der Waals surface area contributed by atoms with Crippen molar-refractivity contribution < 1.29 is 27.9 Å². The van der Waals surface area contributed by atoms with Gasteiger partial charge in [-0.05, 0) is 0 Å². The zero-order valence-electron chi connectivity index (χ0n) is 7.80. The van der Waals surface area contributed by atoms with E-state index in [9.17, 15) is 18.0 Å². The molecular weight excluding hydrogens is 226 g/mol. The van der Waals surface area contributed by atoms with Crippen LogP contribution in [0, 0.1) is 0 Å². The first-order chi connectivity index (χ1) is 6.91. The molecule has 0 aliphatic carbocycles. The zero-order valence-corrected chi connectivity index (χ0v) is 8.62. The number of cyclic esters (lactones) is 1. The summed E-state index contributed by atoms with van der Waals surface area (Å²) in [6, 6.07) is -0.871. The van der Waals surface area contributed by atoms with E-state index in [0.717, 1.165) is 0 Å². The molecule has 0 aromatic heterocycles. The Morgan fingerprint density at radius 2 is 2.27 bits per heavy atom. The van der Waals surface area contributed by atoms with Gasteiger partial charge in [-0.15, -0.1) is 0 Å². The molecule has 15 heavy (non-hydrogen) atoms. The molecule has 1 aliphatic heterocycles. The van der Waals surface area contributed by atoms with E-state index in [1.54, 1.807) is 0 Å². The molecule has 0 radical (unpaired) electrons. The van der Waals surface area contributed by atoms with Gasteiger partial charge >= 0.3 is 11.9 Å². The average Bonchev–Trinajstić information content (AvgIpc) is 2.48. The Hall–Kier alpha value is -1.15. The highest BCUT2D eigenvalue weighted by molar-refractivity contribution is 7.89. The van der Waals surface area contributed by atoms with E-state index in [1.807, 2.05) is 0 Å². The Morgan fingerprint density at radius 1 is 1.60 bits per heavy atom. The fourth-order valence-electron chi connectivity index (χ4n) is 1.10. The van der Waals surface area contributed by atoms with E-state index >= 15 is 0 Å². The molecule has 2 N–H and O–H groups in total. The van der Waals surface area contributed by atoms with Gasteiger partial charge in [0.05, 0.1) is 18.8 Å². The third-order valence-corrected chi connectivity index (χ3v) is 3.23. The summed E-state index contributed by atoms with van der Waals surface area (Å²) in [4.78, 5) is 21.1. The van der Waals surface area contributed by atoms with Crippen molar-refractivity contribution in [3.63, 3.8) is 0 Å². The lowest BCUT2D eigenvalue weighted by atomic mass is 10.3. The number of carbonyl (C=O) groups is 2. The van der Waals surface area contributed by atoms with E-state index in [0.29, 0.717) is 0 Å². The number of carboxylic acid groups (broad SMARTS) is 1. The summed E-state index contributed by atoms with van der Waals surface area (Å²) in [7, 11) is -3.72. The Labute approximate surface area is 86.5 Å². The molecule has 1 heterocycles. The SMILES string of the molecule is O=C(O)CCS(=O)(=O)NC1CCOC1=O. The van der Waals surface area contributed by atoms with Crippen molar-refractivity contribution in [2.45, 2.75) is 18.9 Å². The highest BCUT2D eigenvalue weighted by Crippen LogP contribution is 2.07. The molecule has 86 valence electrons. The van der Waals surface area contributed by atoms with Crippen molar-refractivity contribution in [2.75, 3.05) is 12.4 Å². The van der Waals surface area contributed by atoms with Gasteiger partial charge in [-0.3, -0.25) is 9.59 Å². The topological polar surface area (TPSA) is 110 Å². The fraction of sp³-hybridized carbons (Fsp3) is 0.714. The Kier molecular flexibility index (Phi) is 3.64. The molecule has 0 spiro atoms. The van der Waals surface area contributed by atoms with Gasteiger partial charge in [-0.2, -0.15) is 0 Å². The van der Waals surface area contributed by atoms with Crippen molar-refractivity contribution in [3.8, 4) is 0 Å². The quantitative estimate of drug-likeness (QED) is 0.575. The largest absolute Gasteiger partial charge is 0.481 e. The van der Waals surface area contributed by atoms with Crippen molar-refractivity contribution in [3.05, 3.63) is 0 Å². The van der Waals surface area contributed by atoms with Gasteiger partial charge in [-0.1, -0.05) is 0 Å². The van der Waals surface area contributed by atoms with Crippen molar-refractivity contribution in [2.24, 2.45) is 0 Å². The molecule has 8 heteroatoms. The smallest absolute Gasteiger partial charge is 0.324 e. The predicted molar refractivity (Wildman–Crippen MR) is 48.5 cm³/mol. The van der Waals surface area contributed by atoms with E-state index in [2.05, 4.69) is 9.46 Å². The third-order valence-electron chi connectivity index (χ3n) is 1.84. The van der Waals surface area contributed by atoms with Gasteiger partial charge in [0.15, 0.2) is 0 Å². The minimum Gasteiger partial charge on any atom is -0.481 e. The first-order valence-electron chi connectivity index (χ1n) is 4.29. The lowest BCUT2D eigenvalue weighted by Crippen LogP contribution is -2.39. The van der Waals surface area contributed by atoms with Gasteiger partial charge in [0.2, 0.25) is 10.0 Å². The van der Waals surface area contributed by atoms with Crippen molar-refractivity contribution in [1.82, 2.24) is 4.72 Å². The predicted octanol–water partition coefficient (Wildman–Crippen LogP) is -1.30. The maximum Gasteiger partial charge on any atom is 0.324 e. The van der Waals surface area contributed by atoms with Crippen LogP contribution in [-0.2, 0) is 24.3 Å². The number of sulfonamides is 1. The second-order valence-electron chi connectivity index (χ2n) is 3.09. The summed E-state index contributed by atoms with van der Waals surface area (Å²) in [6.45, 7) is 0.185. The fourth-order valence-corrected chi connectivity index (χ4v) is 2.31. The first-order valence-corrected chi connectivity index (χ1v) is 5.94. The second-order valence-corrected chi connectivity index (χ2v) is 4.96. The van der Waals surface area contributed by atoms with Gasteiger partial charge in [0, 0.05) is 6.42 Å². The molecule has 0 saturated carbocycles. The number of esters is 1. The molecule has 0 aromatic rings. The summed E-state index contributed by atoms with van der Waals surface area (Å²) >= 11 is 0. The third kappa shape index (κ3) is 3.84. The molecule has 0 bridgehead atoms. The molecule has 1 atom stereocenters. The standard InChI is InChI=1S/C7H11NO6S/c9-6(10)2-4-15(12,13)8-5-1-3-14-7(5)11/h5,8H,1-4H2,(H,9,10). The Bertz CT molecular complexity index is 362. The monoisotopic (exact) mass is 237 g/mol. The molecule has 1 rings (SSSR count).